The van der Waals surface area contributed by atoms with Crippen molar-refractivity contribution in [3.63, 3.8) is 0 Å². The van der Waals surface area contributed by atoms with Crippen LogP contribution in [0.25, 0.3) is 5.69 Å². The van der Waals surface area contributed by atoms with E-state index < -0.39 is 0 Å². The number of methoxy groups -OCH3 is 1. The fourth-order valence-corrected chi connectivity index (χ4v) is 2.10. The summed E-state index contributed by atoms with van der Waals surface area (Å²) >= 11 is 0. The van der Waals surface area contributed by atoms with E-state index in [4.69, 9.17) is 4.74 Å². The van der Waals surface area contributed by atoms with Gasteiger partial charge in [0, 0.05) is 32.6 Å². The number of guanidine groups is 1. The van der Waals surface area contributed by atoms with E-state index in [0.29, 0.717) is 13.1 Å². The zero-order valence-corrected chi connectivity index (χ0v) is 14.9. The molecule has 0 unspecified atom stereocenters. The SMILES string of the molecule is CCNC(=NCc1cccc(-n2cccn2)c1)NCC(C)(C)OC. The molecule has 6 heteroatoms. The van der Waals surface area contributed by atoms with Crippen LogP contribution in [0.2, 0.25) is 0 Å². The maximum absolute atomic E-state index is 5.43. The number of rotatable bonds is 7. The van der Waals surface area contributed by atoms with E-state index in [0.717, 1.165) is 23.8 Å². The molecule has 0 aliphatic carbocycles. The Bertz CT molecular complexity index is 649. The van der Waals surface area contributed by atoms with Gasteiger partial charge in [-0.15, -0.1) is 0 Å². The zero-order valence-electron chi connectivity index (χ0n) is 14.9. The van der Waals surface area contributed by atoms with Crippen molar-refractivity contribution < 1.29 is 4.74 Å². The predicted octanol–water partition coefficient (Wildman–Crippen LogP) is 2.35. The van der Waals surface area contributed by atoms with Crippen molar-refractivity contribution in [1.82, 2.24) is 20.4 Å². The summed E-state index contributed by atoms with van der Waals surface area (Å²) in [4.78, 5) is 4.65. The molecular formula is C18H27N5O. The first-order valence-corrected chi connectivity index (χ1v) is 8.20. The second-order valence-electron chi connectivity index (χ2n) is 6.13. The zero-order chi connectivity index (χ0) is 17.4. The number of hydrogen-bond donors (Lipinski definition) is 2. The van der Waals surface area contributed by atoms with E-state index in [-0.39, 0.29) is 5.60 Å². The fraction of sp³-hybridized carbons (Fsp3) is 0.444. The van der Waals surface area contributed by atoms with Gasteiger partial charge in [0.05, 0.1) is 17.8 Å². The number of benzene rings is 1. The third-order valence-corrected chi connectivity index (χ3v) is 3.68. The van der Waals surface area contributed by atoms with Crippen LogP contribution in [-0.2, 0) is 11.3 Å². The summed E-state index contributed by atoms with van der Waals surface area (Å²) in [6, 6.07) is 10.1. The molecule has 0 aliphatic heterocycles. The minimum absolute atomic E-state index is 0.240. The van der Waals surface area contributed by atoms with E-state index in [1.54, 1.807) is 13.3 Å². The molecule has 130 valence electrons. The summed E-state index contributed by atoms with van der Waals surface area (Å²) in [7, 11) is 1.71. The molecule has 0 spiro atoms. The average Bonchev–Trinajstić information content (AvgIpc) is 3.12. The van der Waals surface area contributed by atoms with Crippen molar-refractivity contribution in [1.29, 1.82) is 0 Å². The van der Waals surface area contributed by atoms with Crippen LogP contribution in [0, 0.1) is 0 Å². The number of nitrogens with zero attached hydrogens (tertiary/aromatic N) is 3. The molecule has 0 amide bonds. The van der Waals surface area contributed by atoms with Crippen molar-refractivity contribution in [3.05, 3.63) is 48.3 Å². The molecular weight excluding hydrogens is 302 g/mol. The molecule has 0 fully saturated rings. The van der Waals surface area contributed by atoms with Crippen LogP contribution in [0.15, 0.2) is 47.7 Å². The maximum Gasteiger partial charge on any atom is 0.191 e. The lowest BCUT2D eigenvalue weighted by molar-refractivity contribution is 0.0268. The van der Waals surface area contributed by atoms with Crippen molar-refractivity contribution in [2.45, 2.75) is 32.9 Å². The van der Waals surface area contributed by atoms with E-state index in [1.807, 2.05) is 42.9 Å². The topological polar surface area (TPSA) is 63.5 Å². The minimum Gasteiger partial charge on any atom is -0.377 e. The van der Waals surface area contributed by atoms with Crippen molar-refractivity contribution in [2.75, 3.05) is 20.2 Å². The lowest BCUT2D eigenvalue weighted by Crippen LogP contribution is -2.45. The van der Waals surface area contributed by atoms with Gasteiger partial charge in [-0.05, 0) is 44.5 Å². The lowest BCUT2D eigenvalue weighted by Gasteiger charge is -2.24. The Morgan fingerprint density at radius 3 is 2.79 bits per heavy atom. The summed E-state index contributed by atoms with van der Waals surface area (Å²) in [5, 5.41) is 10.8. The van der Waals surface area contributed by atoms with Crippen LogP contribution in [0.5, 0.6) is 0 Å². The maximum atomic E-state index is 5.43. The lowest BCUT2D eigenvalue weighted by atomic mass is 10.1. The highest BCUT2D eigenvalue weighted by Crippen LogP contribution is 2.10. The van der Waals surface area contributed by atoms with E-state index in [1.165, 1.54) is 0 Å². The number of hydrogen-bond acceptors (Lipinski definition) is 3. The van der Waals surface area contributed by atoms with Gasteiger partial charge in [0.15, 0.2) is 5.96 Å². The molecule has 2 rings (SSSR count). The first-order chi connectivity index (χ1) is 11.5. The molecule has 0 atom stereocenters. The van der Waals surface area contributed by atoms with Gasteiger partial charge in [-0.1, -0.05) is 12.1 Å². The molecule has 0 saturated heterocycles. The van der Waals surface area contributed by atoms with Gasteiger partial charge < -0.3 is 15.4 Å². The summed E-state index contributed by atoms with van der Waals surface area (Å²) in [6.45, 7) is 8.22. The molecule has 6 nitrogen and oxygen atoms in total. The number of ether oxygens (including phenoxy) is 1. The Morgan fingerprint density at radius 2 is 2.12 bits per heavy atom. The molecule has 0 bridgehead atoms. The standard InChI is InChI=1S/C18H27N5O/c1-5-19-17(21-14-18(2,3)24-4)20-13-15-8-6-9-16(12-15)23-11-7-10-22-23/h6-12H,5,13-14H2,1-4H3,(H2,19,20,21). The highest BCUT2D eigenvalue weighted by atomic mass is 16.5. The van der Waals surface area contributed by atoms with Gasteiger partial charge in [0.2, 0.25) is 0 Å². The Kier molecular flexibility index (Phi) is 6.37. The quantitative estimate of drug-likeness (QED) is 0.605. The van der Waals surface area contributed by atoms with Crippen LogP contribution in [-0.4, -0.2) is 41.5 Å². The Hall–Kier alpha value is -2.34. The van der Waals surface area contributed by atoms with Crippen LogP contribution in [0.3, 0.4) is 0 Å². The fourth-order valence-electron chi connectivity index (χ4n) is 2.10. The second kappa shape index (κ2) is 8.49. The third kappa shape index (κ3) is 5.38. The highest BCUT2D eigenvalue weighted by molar-refractivity contribution is 5.79. The Labute approximate surface area is 143 Å². The number of aliphatic imine (C=N–C) groups is 1. The van der Waals surface area contributed by atoms with Gasteiger partial charge >= 0.3 is 0 Å². The number of nitrogens with one attached hydrogen (secondary N) is 2. The van der Waals surface area contributed by atoms with Gasteiger partial charge in [0.1, 0.15) is 0 Å². The van der Waals surface area contributed by atoms with E-state index in [9.17, 15) is 0 Å². The summed E-state index contributed by atoms with van der Waals surface area (Å²) in [5.74, 6) is 0.784. The first-order valence-electron chi connectivity index (χ1n) is 8.20. The number of aromatic nitrogens is 2. The van der Waals surface area contributed by atoms with E-state index >= 15 is 0 Å². The Morgan fingerprint density at radius 1 is 1.29 bits per heavy atom. The molecule has 0 radical (unpaired) electrons. The van der Waals surface area contributed by atoms with Crippen molar-refractivity contribution in [2.24, 2.45) is 4.99 Å². The summed E-state index contributed by atoms with van der Waals surface area (Å²) in [6.07, 6.45) is 3.70. The first kappa shape index (κ1) is 18.0. The normalized spacial score (nSPS) is 12.2. The molecule has 2 aromatic rings. The van der Waals surface area contributed by atoms with Crippen LogP contribution >= 0.6 is 0 Å². The van der Waals surface area contributed by atoms with Crippen LogP contribution < -0.4 is 10.6 Å². The van der Waals surface area contributed by atoms with Crippen molar-refractivity contribution in [3.8, 4) is 5.69 Å². The predicted molar refractivity (Wildman–Crippen MR) is 97.5 cm³/mol. The smallest absolute Gasteiger partial charge is 0.191 e. The largest absolute Gasteiger partial charge is 0.377 e. The van der Waals surface area contributed by atoms with Gasteiger partial charge in [0.25, 0.3) is 0 Å². The minimum atomic E-state index is -0.240. The van der Waals surface area contributed by atoms with E-state index in [2.05, 4.69) is 39.8 Å². The monoisotopic (exact) mass is 329 g/mol. The van der Waals surface area contributed by atoms with Crippen LogP contribution in [0.1, 0.15) is 26.3 Å². The second-order valence-corrected chi connectivity index (χ2v) is 6.13. The molecule has 2 N–H and O–H groups in total. The van der Waals surface area contributed by atoms with Gasteiger partial charge in [-0.25, -0.2) is 9.67 Å². The van der Waals surface area contributed by atoms with Gasteiger partial charge in [-0.3, -0.25) is 0 Å². The molecule has 1 aromatic carbocycles. The Balaban J connectivity index is 2.04. The van der Waals surface area contributed by atoms with Crippen LogP contribution in [0.4, 0.5) is 0 Å². The molecule has 1 heterocycles. The molecule has 1 aromatic heterocycles. The molecule has 0 aliphatic rings. The third-order valence-electron chi connectivity index (χ3n) is 3.68. The summed E-state index contributed by atoms with van der Waals surface area (Å²) < 4.78 is 7.28. The van der Waals surface area contributed by atoms with Crippen molar-refractivity contribution >= 4 is 5.96 Å². The molecule has 24 heavy (non-hydrogen) atoms. The molecule has 0 saturated carbocycles. The average molecular weight is 329 g/mol. The van der Waals surface area contributed by atoms with Gasteiger partial charge in [-0.2, -0.15) is 5.10 Å². The summed E-state index contributed by atoms with van der Waals surface area (Å²) in [5.41, 5.74) is 1.92. The highest BCUT2D eigenvalue weighted by Gasteiger charge is 2.16.